The fourth-order valence-corrected chi connectivity index (χ4v) is 2.76. The molecule has 0 aromatic heterocycles. The van der Waals surface area contributed by atoms with Gasteiger partial charge in [-0.05, 0) is 37.3 Å². The van der Waals surface area contributed by atoms with E-state index in [1.165, 1.54) is 0 Å². The molecule has 0 amide bonds. The maximum absolute atomic E-state index is 10.7. The van der Waals surface area contributed by atoms with Crippen LogP contribution in [0.25, 0.3) is 0 Å². The topological polar surface area (TPSA) is 75.6 Å². The monoisotopic (exact) mass is 401 g/mol. The van der Waals surface area contributed by atoms with Crippen LogP contribution in [0, 0.1) is 0 Å². The van der Waals surface area contributed by atoms with Crippen molar-refractivity contribution >= 4 is 5.96 Å². The second kappa shape index (κ2) is 11.8. The standard InChI is InChI=1S/C22H31N3O4/c1-5-23-22(25(2)13-14-29-17-9-7-6-8-10-17)24-16-20(26)19-15-18(27-3)11-12-21(19)28-4/h6-12,15,20,26H,5,13-14,16H2,1-4H3,(H,23,24). The number of aliphatic hydroxyl groups is 1. The van der Waals surface area contributed by atoms with E-state index >= 15 is 0 Å². The van der Waals surface area contributed by atoms with Crippen LogP contribution in [-0.4, -0.2) is 63.5 Å². The van der Waals surface area contributed by atoms with Crippen molar-refractivity contribution in [2.24, 2.45) is 4.99 Å². The maximum atomic E-state index is 10.7. The van der Waals surface area contributed by atoms with Crippen LogP contribution in [-0.2, 0) is 0 Å². The lowest BCUT2D eigenvalue weighted by Gasteiger charge is -2.23. The van der Waals surface area contributed by atoms with E-state index in [4.69, 9.17) is 14.2 Å². The third kappa shape index (κ3) is 6.87. The summed E-state index contributed by atoms with van der Waals surface area (Å²) in [7, 11) is 5.10. The second-order valence-corrected chi connectivity index (χ2v) is 6.40. The van der Waals surface area contributed by atoms with Crippen LogP contribution < -0.4 is 19.5 Å². The molecular formula is C22H31N3O4. The van der Waals surface area contributed by atoms with E-state index in [1.54, 1.807) is 32.4 Å². The molecule has 0 heterocycles. The zero-order valence-electron chi connectivity index (χ0n) is 17.6. The highest BCUT2D eigenvalue weighted by molar-refractivity contribution is 5.79. The molecule has 0 aliphatic rings. The van der Waals surface area contributed by atoms with E-state index in [0.29, 0.717) is 36.2 Å². The summed E-state index contributed by atoms with van der Waals surface area (Å²) in [6.45, 7) is 4.10. The van der Waals surface area contributed by atoms with Crippen molar-refractivity contribution in [2.45, 2.75) is 13.0 Å². The molecule has 0 fully saturated rings. The van der Waals surface area contributed by atoms with E-state index in [1.807, 2.05) is 49.2 Å². The molecular weight excluding hydrogens is 370 g/mol. The highest BCUT2D eigenvalue weighted by atomic mass is 16.5. The fraction of sp³-hybridized carbons (Fsp3) is 0.409. The van der Waals surface area contributed by atoms with Gasteiger partial charge in [0.25, 0.3) is 0 Å². The number of hydrogen-bond donors (Lipinski definition) is 2. The van der Waals surface area contributed by atoms with E-state index in [2.05, 4.69) is 10.3 Å². The summed E-state index contributed by atoms with van der Waals surface area (Å²) in [6.07, 6.45) is -0.817. The number of ether oxygens (including phenoxy) is 3. The summed E-state index contributed by atoms with van der Waals surface area (Å²) in [6, 6.07) is 15.0. The number of methoxy groups -OCH3 is 2. The number of aliphatic hydroxyl groups excluding tert-OH is 1. The van der Waals surface area contributed by atoms with Crippen molar-refractivity contribution in [1.82, 2.24) is 10.2 Å². The average Bonchev–Trinajstić information content (AvgIpc) is 2.76. The van der Waals surface area contributed by atoms with Crippen LogP contribution in [0.2, 0.25) is 0 Å². The van der Waals surface area contributed by atoms with Gasteiger partial charge >= 0.3 is 0 Å². The highest BCUT2D eigenvalue weighted by Gasteiger charge is 2.15. The predicted octanol–water partition coefficient (Wildman–Crippen LogP) is 2.71. The SMILES string of the molecule is CCNC(=NCC(O)c1cc(OC)ccc1OC)N(C)CCOc1ccccc1. The molecule has 7 heteroatoms. The minimum atomic E-state index is -0.817. The van der Waals surface area contributed by atoms with E-state index in [0.717, 1.165) is 12.3 Å². The Bertz CT molecular complexity index is 768. The zero-order chi connectivity index (χ0) is 21.1. The number of para-hydroxylation sites is 1. The van der Waals surface area contributed by atoms with Gasteiger partial charge in [-0.25, -0.2) is 0 Å². The number of aliphatic imine (C=N–C) groups is 1. The molecule has 0 aliphatic carbocycles. The molecule has 1 unspecified atom stereocenters. The Morgan fingerprint density at radius 1 is 1.10 bits per heavy atom. The number of likely N-dealkylation sites (N-methyl/N-ethyl adjacent to an activating group) is 1. The lowest BCUT2D eigenvalue weighted by Crippen LogP contribution is -2.41. The van der Waals surface area contributed by atoms with Crippen LogP contribution in [0.5, 0.6) is 17.2 Å². The van der Waals surface area contributed by atoms with Crippen molar-refractivity contribution in [3.63, 3.8) is 0 Å². The summed E-state index contributed by atoms with van der Waals surface area (Å²) in [4.78, 5) is 6.55. The van der Waals surface area contributed by atoms with Gasteiger partial charge in [0.1, 0.15) is 30.0 Å². The average molecular weight is 402 g/mol. The molecule has 0 radical (unpaired) electrons. The first kappa shape index (κ1) is 22.4. The molecule has 2 rings (SSSR count). The number of hydrogen-bond acceptors (Lipinski definition) is 5. The van der Waals surface area contributed by atoms with E-state index in [-0.39, 0.29) is 6.54 Å². The Morgan fingerprint density at radius 2 is 1.86 bits per heavy atom. The molecule has 2 N–H and O–H groups in total. The lowest BCUT2D eigenvalue weighted by atomic mass is 10.1. The third-order valence-corrected chi connectivity index (χ3v) is 4.34. The van der Waals surface area contributed by atoms with Gasteiger partial charge in [-0.1, -0.05) is 18.2 Å². The van der Waals surface area contributed by atoms with Crippen molar-refractivity contribution < 1.29 is 19.3 Å². The molecule has 2 aromatic carbocycles. The fourth-order valence-electron chi connectivity index (χ4n) is 2.76. The number of nitrogens with one attached hydrogen (secondary N) is 1. The molecule has 0 bridgehead atoms. The number of benzene rings is 2. The predicted molar refractivity (Wildman–Crippen MR) is 115 cm³/mol. The normalized spacial score (nSPS) is 12.2. The summed E-state index contributed by atoms with van der Waals surface area (Å²) >= 11 is 0. The van der Waals surface area contributed by atoms with Crippen molar-refractivity contribution in [3.8, 4) is 17.2 Å². The summed E-state index contributed by atoms with van der Waals surface area (Å²) in [5.74, 6) is 2.79. The van der Waals surface area contributed by atoms with Gasteiger partial charge in [-0.2, -0.15) is 0 Å². The summed E-state index contributed by atoms with van der Waals surface area (Å²) in [5.41, 5.74) is 0.640. The molecule has 0 saturated carbocycles. The van der Waals surface area contributed by atoms with Crippen LogP contribution in [0.3, 0.4) is 0 Å². The Balaban J connectivity index is 2.00. The quantitative estimate of drug-likeness (QED) is 0.471. The Kier molecular flexibility index (Phi) is 9.11. The minimum absolute atomic E-state index is 0.190. The molecule has 1 atom stereocenters. The largest absolute Gasteiger partial charge is 0.497 e. The van der Waals surface area contributed by atoms with Crippen molar-refractivity contribution in [2.75, 3.05) is 47.5 Å². The van der Waals surface area contributed by atoms with Crippen molar-refractivity contribution in [3.05, 3.63) is 54.1 Å². The van der Waals surface area contributed by atoms with Gasteiger partial charge in [0.2, 0.25) is 0 Å². The number of guanidine groups is 1. The summed E-state index contributed by atoms with van der Waals surface area (Å²) < 4.78 is 16.4. The van der Waals surface area contributed by atoms with E-state index < -0.39 is 6.10 Å². The molecule has 29 heavy (non-hydrogen) atoms. The first-order chi connectivity index (χ1) is 14.1. The highest BCUT2D eigenvalue weighted by Crippen LogP contribution is 2.29. The first-order valence-electron chi connectivity index (χ1n) is 9.66. The van der Waals surface area contributed by atoms with Crippen LogP contribution in [0.4, 0.5) is 0 Å². The Labute approximate surface area is 172 Å². The Morgan fingerprint density at radius 3 is 2.52 bits per heavy atom. The summed E-state index contributed by atoms with van der Waals surface area (Å²) in [5, 5.41) is 13.9. The molecule has 2 aromatic rings. The third-order valence-electron chi connectivity index (χ3n) is 4.34. The Hall–Kier alpha value is -2.93. The van der Waals surface area contributed by atoms with Gasteiger partial charge < -0.3 is 29.5 Å². The van der Waals surface area contributed by atoms with Crippen LogP contribution >= 0.6 is 0 Å². The lowest BCUT2D eigenvalue weighted by molar-refractivity contribution is 0.181. The molecule has 0 spiro atoms. The smallest absolute Gasteiger partial charge is 0.193 e. The van der Waals surface area contributed by atoms with Gasteiger partial charge in [0, 0.05) is 19.2 Å². The molecule has 7 nitrogen and oxygen atoms in total. The van der Waals surface area contributed by atoms with Gasteiger partial charge in [0.15, 0.2) is 5.96 Å². The second-order valence-electron chi connectivity index (χ2n) is 6.40. The minimum Gasteiger partial charge on any atom is -0.497 e. The van der Waals surface area contributed by atoms with E-state index in [9.17, 15) is 5.11 Å². The first-order valence-corrected chi connectivity index (χ1v) is 9.66. The maximum Gasteiger partial charge on any atom is 0.193 e. The van der Waals surface area contributed by atoms with Crippen molar-refractivity contribution in [1.29, 1.82) is 0 Å². The zero-order valence-corrected chi connectivity index (χ0v) is 17.6. The van der Waals surface area contributed by atoms with Gasteiger partial charge in [-0.15, -0.1) is 0 Å². The van der Waals surface area contributed by atoms with Crippen LogP contribution in [0.15, 0.2) is 53.5 Å². The molecule has 0 saturated heterocycles. The van der Waals surface area contributed by atoms with Crippen LogP contribution in [0.1, 0.15) is 18.6 Å². The number of rotatable bonds is 10. The molecule has 158 valence electrons. The number of nitrogens with zero attached hydrogens (tertiary/aromatic N) is 2. The van der Waals surface area contributed by atoms with Gasteiger partial charge in [-0.3, -0.25) is 4.99 Å². The molecule has 0 aliphatic heterocycles. The van der Waals surface area contributed by atoms with Gasteiger partial charge in [0.05, 0.1) is 27.3 Å².